The van der Waals surface area contributed by atoms with Gasteiger partial charge in [0.1, 0.15) is 0 Å². The van der Waals surface area contributed by atoms with E-state index in [0.29, 0.717) is 6.04 Å². The van der Waals surface area contributed by atoms with Crippen LogP contribution in [0.25, 0.3) is 0 Å². The minimum atomic E-state index is 0.674. The van der Waals surface area contributed by atoms with E-state index >= 15 is 0 Å². The van der Waals surface area contributed by atoms with Crippen molar-refractivity contribution >= 4 is 5.69 Å². The van der Waals surface area contributed by atoms with Crippen LogP contribution in [0.5, 0.6) is 0 Å². The summed E-state index contributed by atoms with van der Waals surface area (Å²) in [6.45, 7) is 4.16. The third-order valence-corrected chi connectivity index (χ3v) is 4.59. The first-order valence-corrected chi connectivity index (χ1v) is 7.43. The molecule has 2 saturated carbocycles. The molecular formula is C16H24N2. The van der Waals surface area contributed by atoms with Crippen LogP contribution in [0.1, 0.15) is 49.9 Å². The fraction of sp³-hybridized carbons (Fsp3) is 0.688. The van der Waals surface area contributed by atoms with Gasteiger partial charge in [-0.2, -0.15) is 0 Å². The lowest BCUT2D eigenvalue weighted by Gasteiger charge is -2.30. The van der Waals surface area contributed by atoms with E-state index in [2.05, 4.69) is 36.3 Å². The molecule has 98 valence electrons. The van der Waals surface area contributed by atoms with Crippen LogP contribution in [-0.2, 0) is 0 Å². The Kier molecular flexibility index (Phi) is 3.27. The van der Waals surface area contributed by atoms with E-state index in [1.54, 1.807) is 0 Å². The molecule has 2 aliphatic carbocycles. The van der Waals surface area contributed by atoms with Crippen molar-refractivity contribution in [1.82, 2.24) is 4.98 Å². The highest BCUT2D eigenvalue weighted by atomic mass is 14.9. The largest absolute Gasteiger partial charge is 0.381 e. The van der Waals surface area contributed by atoms with Gasteiger partial charge in [-0.3, -0.25) is 4.98 Å². The molecule has 0 amide bonds. The highest BCUT2D eigenvalue weighted by molar-refractivity contribution is 5.48. The summed E-state index contributed by atoms with van der Waals surface area (Å²) in [4.78, 5) is 4.54. The maximum atomic E-state index is 4.54. The Morgan fingerprint density at radius 3 is 2.61 bits per heavy atom. The number of pyridine rings is 1. The van der Waals surface area contributed by atoms with Crippen LogP contribution in [0.2, 0.25) is 0 Å². The molecule has 2 heteroatoms. The minimum Gasteiger partial charge on any atom is -0.381 e. The Bertz CT molecular complexity index is 423. The SMILES string of the molecule is Cc1ccc(NC2CCCC(C3CC3)C2)c(C)n1. The Morgan fingerprint density at radius 1 is 1.06 bits per heavy atom. The zero-order chi connectivity index (χ0) is 12.5. The van der Waals surface area contributed by atoms with Crippen LogP contribution >= 0.6 is 0 Å². The second-order valence-electron chi connectivity index (χ2n) is 6.19. The van der Waals surface area contributed by atoms with E-state index in [4.69, 9.17) is 0 Å². The molecule has 1 aromatic rings. The van der Waals surface area contributed by atoms with E-state index in [-0.39, 0.29) is 0 Å². The summed E-state index contributed by atoms with van der Waals surface area (Å²) in [5, 5.41) is 3.73. The average Bonchev–Trinajstić information content (AvgIpc) is 3.17. The molecule has 2 nitrogen and oxygen atoms in total. The molecule has 0 aliphatic heterocycles. The lowest BCUT2D eigenvalue weighted by molar-refractivity contribution is 0.303. The van der Waals surface area contributed by atoms with E-state index in [0.717, 1.165) is 23.2 Å². The molecule has 2 unspecified atom stereocenters. The topological polar surface area (TPSA) is 24.9 Å². The van der Waals surface area contributed by atoms with Crippen molar-refractivity contribution in [2.45, 2.75) is 58.4 Å². The summed E-state index contributed by atoms with van der Waals surface area (Å²) in [5.74, 6) is 2.06. The van der Waals surface area contributed by atoms with Gasteiger partial charge < -0.3 is 5.32 Å². The fourth-order valence-corrected chi connectivity index (χ4v) is 3.41. The first-order valence-electron chi connectivity index (χ1n) is 7.43. The van der Waals surface area contributed by atoms with Gasteiger partial charge in [-0.15, -0.1) is 0 Å². The van der Waals surface area contributed by atoms with E-state index in [9.17, 15) is 0 Å². The molecule has 0 radical (unpaired) electrons. The average molecular weight is 244 g/mol. The van der Waals surface area contributed by atoms with E-state index in [1.165, 1.54) is 44.2 Å². The molecule has 18 heavy (non-hydrogen) atoms. The van der Waals surface area contributed by atoms with Gasteiger partial charge in [-0.1, -0.05) is 12.8 Å². The molecule has 0 spiro atoms. The maximum absolute atomic E-state index is 4.54. The van der Waals surface area contributed by atoms with Crippen molar-refractivity contribution in [2.75, 3.05) is 5.32 Å². The number of anilines is 1. The summed E-state index contributed by atoms with van der Waals surface area (Å²) in [6.07, 6.45) is 8.55. The monoisotopic (exact) mass is 244 g/mol. The number of nitrogens with one attached hydrogen (secondary N) is 1. The number of aromatic nitrogens is 1. The lowest BCUT2D eigenvalue weighted by atomic mass is 9.82. The molecule has 2 fully saturated rings. The fourth-order valence-electron chi connectivity index (χ4n) is 3.41. The van der Waals surface area contributed by atoms with Gasteiger partial charge in [-0.25, -0.2) is 0 Å². The number of aryl methyl sites for hydroxylation is 2. The first-order chi connectivity index (χ1) is 8.72. The summed E-state index contributed by atoms with van der Waals surface area (Å²) in [5.41, 5.74) is 3.49. The van der Waals surface area contributed by atoms with E-state index < -0.39 is 0 Å². The third kappa shape index (κ3) is 2.68. The smallest absolute Gasteiger partial charge is 0.0606 e. The van der Waals surface area contributed by atoms with Gasteiger partial charge in [-0.05, 0) is 63.5 Å². The Morgan fingerprint density at radius 2 is 1.89 bits per heavy atom. The van der Waals surface area contributed by atoms with Crippen LogP contribution in [-0.4, -0.2) is 11.0 Å². The molecule has 0 aromatic carbocycles. The predicted octanol–water partition coefficient (Wildman–Crippen LogP) is 4.08. The van der Waals surface area contributed by atoms with Crippen LogP contribution in [0.15, 0.2) is 12.1 Å². The zero-order valence-corrected chi connectivity index (χ0v) is 11.6. The van der Waals surface area contributed by atoms with Crippen molar-refractivity contribution < 1.29 is 0 Å². The molecule has 0 bridgehead atoms. The third-order valence-electron chi connectivity index (χ3n) is 4.59. The number of hydrogen-bond acceptors (Lipinski definition) is 2. The number of rotatable bonds is 3. The summed E-state index contributed by atoms with van der Waals surface area (Å²) in [7, 11) is 0. The van der Waals surface area contributed by atoms with Crippen molar-refractivity contribution in [3.8, 4) is 0 Å². The minimum absolute atomic E-state index is 0.674. The second kappa shape index (κ2) is 4.91. The van der Waals surface area contributed by atoms with Gasteiger partial charge in [0, 0.05) is 11.7 Å². The zero-order valence-electron chi connectivity index (χ0n) is 11.6. The molecule has 1 aromatic heterocycles. The van der Waals surface area contributed by atoms with Crippen LogP contribution in [0.3, 0.4) is 0 Å². The molecule has 2 aliphatic rings. The highest BCUT2D eigenvalue weighted by Gasteiger charge is 2.34. The van der Waals surface area contributed by atoms with Crippen LogP contribution < -0.4 is 5.32 Å². The van der Waals surface area contributed by atoms with Crippen LogP contribution in [0.4, 0.5) is 5.69 Å². The Hall–Kier alpha value is -1.05. The van der Waals surface area contributed by atoms with Crippen molar-refractivity contribution in [3.63, 3.8) is 0 Å². The molecule has 1 N–H and O–H groups in total. The molecule has 0 saturated heterocycles. The predicted molar refractivity (Wildman–Crippen MR) is 75.8 cm³/mol. The number of nitrogens with zero attached hydrogens (tertiary/aromatic N) is 1. The van der Waals surface area contributed by atoms with Crippen molar-refractivity contribution in [3.05, 3.63) is 23.5 Å². The van der Waals surface area contributed by atoms with Gasteiger partial charge in [0.25, 0.3) is 0 Å². The molecule has 3 rings (SSSR count). The highest BCUT2D eigenvalue weighted by Crippen LogP contribution is 2.44. The van der Waals surface area contributed by atoms with Gasteiger partial charge in [0.15, 0.2) is 0 Å². The van der Waals surface area contributed by atoms with Crippen molar-refractivity contribution in [2.24, 2.45) is 11.8 Å². The number of hydrogen-bond donors (Lipinski definition) is 1. The van der Waals surface area contributed by atoms with Gasteiger partial charge >= 0.3 is 0 Å². The van der Waals surface area contributed by atoms with Crippen molar-refractivity contribution in [1.29, 1.82) is 0 Å². The standard InChI is InChI=1S/C16H24N2/c1-11-6-9-16(12(2)17-11)18-15-5-3-4-14(10-15)13-7-8-13/h6,9,13-15,18H,3-5,7-8,10H2,1-2H3. The van der Waals surface area contributed by atoms with Gasteiger partial charge in [0.2, 0.25) is 0 Å². The van der Waals surface area contributed by atoms with Crippen LogP contribution in [0, 0.1) is 25.7 Å². The quantitative estimate of drug-likeness (QED) is 0.866. The summed E-state index contributed by atoms with van der Waals surface area (Å²) in [6, 6.07) is 4.97. The van der Waals surface area contributed by atoms with Gasteiger partial charge in [0.05, 0.1) is 11.4 Å². The normalized spacial score (nSPS) is 28.1. The molecule has 2 atom stereocenters. The maximum Gasteiger partial charge on any atom is 0.0606 e. The summed E-state index contributed by atoms with van der Waals surface area (Å²) >= 11 is 0. The molecule has 1 heterocycles. The Balaban J connectivity index is 1.64. The molecular weight excluding hydrogens is 220 g/mol. The lowest BCUT2D eigenvalue weighted by Crippen LogP contribution is -2.28. The Labute approximate surface area is 110 Å². The second-order valence-corrected chi connectivity index (χ2v) is 6.19. The summed E-state index contributed by atoms with van der Waals surface area (Å²) < 4.78 is 0. The van der Waals surface area contributed by atoms with E-state index in [1.807, 2.05) is 0 Å². The first kappa shape index (κ1) is 12.0.